The Balaban J connectivity index is 1.78. The molecule has 4 N–H and O–H groups in total. The molecule has 0 unspecified atom stereocenters. The van der Waals surface area contributed by atoms with Gasteiger partial charge in [-0.25, -0.2) is 4.98 Å². The van der Waals surface area contributed by atoms with Crippen LogP contribution in [0.4, 0.5) is 5.82 Å². The Hall–Kier alpha value is -1.13. The minimum absolute atomic E-state index is 0.464. The summed E-state index contributed by atoms with van der Waals surface area (Å²) in [5.41, 5.74) is 6.78. The van der Waals surface area contributed by atoms with Gasteiger partial charge in [-0.3, -0.25) is 0 Å². The molecule has 1 atom stereocenters. The standard InChI is InChI=1S/C13H21N3O/c1-13(2)5-10(6-13)15-8-11(17)9-3-4-12(14)16-7-9/h3-4,7,10-11,15,17H,5-6,8H2,1-2H3,(H2,14,16)/t11-/m0/s1. The summed E-state index contributed by atoms with van der Waals surface area (Å²) in [7, 11) is 0. The smallest absolute Gasteiger partial charge is 0.123 e. The number of nitrogens with zero attached hydrogens (tertiary/aromatic N) is 1. The molecule has 94 valence electrons. The van der Waals surface area contributed by atoms with Gasteiger partial charge in [0.25, 0.3) is 0 Å². The molecule has 17 heavy (non-hydrogen) atoms. The quantitative estimate of drug-likeness (QED) is 0.739. The molecule has 1 aliphatic rings. The lowest BCUT2D eigenvalue weighted by atomic mass is 9.68. The van der Waals surface area contributed by atoms with Crippen molar-refractivity contribution in [2.24, 2.45) is 5.41 Å². The summed E-state index contributed by atoms with van der Waals surface area (Å²) in [5, 5.41) is 13.3. The predicted molar refractivity (Wildman–Crippen MR) is 68.4 cm³/mol. The minimum atomic E-state index is -0.508. The Morgan fingerprint density at radius 1 is 1.53 bits per heavy atom. The Morgan fingerprint density at radius 2 is 2.24 bits per heavy atom. The third kappa shape index (κ3) is 3.17. The molecular weight excluding hydrogens is 214 g/mol. The number of rotatable bonds is 4. The van der Waals surface area contributed by atoms with Gasteiger partial charge in [-0.15, -0.1) is 0 Å². The highest BCUT2D eigenvalue weighted by molar-refractivity contribution is 5.30. The molecule has 2 rings (SSSR count). The first-order valence-corrected chi connectivity index (χ1v) is 6.09. The highest BCUT2D eigenvalue weighted by atomic mass is 16.3. The summed E-state index contributed by atoms with van der Waals surface area (Å²) < 4.78 is 0. The Bertz CT molecular complexity index is 367. The van der Waals surface area contributed by atoms with E-state index >= 15 is 0 Å². The van der Waals surface area contributed by atoms with Crippen molar-refractivity contribution in [2.45, 2.75) is 38.8 Å². The average molecular weight is 235 g/mol. The van der Waals surface area contributed by atoms with Crippen LogP contribution in [0, 0.1) is 5.41 Å². The molecule has 0 bridgehead atoms. The second-order valence-corrected chi connectivity index (χ2v) is 5.71. The molecular formula is C13H21N3O. The normalized spacial score (nSPS) is 20.9. The maximum Gasteiger partial charge on any atom is 0.123 e. The van der Waals surface area contributed by atoms with Gasteiger partial charge in [0.05, 0.1) is 6.10 Å². The van der Waals surface area contributed by atoms with Crippen molar-refractivity contribution in [3.63, 3.8) is 0 Å². The Kier molecular flexibility index (Phi) is 3.35. The fraction of sp³-hybridized carbons (Fsp3) is 0.615. The fourth-order valence-corrected chi connectivity index (χ4v) is 2.43. The van der Waals surface area contributed by atoms with Gasteiger partial charge in [0.1, 0.15) is 5.82 Å². The lowest BCUT2D eigenvalue weighted by molar-refractivity contribution is 0.102. The van der Waals surface area contributed by atoms with Crippen LogP contribution >= 0.6 is 0 Å². The molecule has 1 aliphatic carbocycles. The van der Waals surface area contributed by atoms with Crippen molar-refractivity contribution in [3.05, 3.63) is 23.9 Å². The van der Waals surface area contributed by atoms with Crippen LogP contribution in [0.1, 0.15) is 38.4 Å². The maximum absolute atomic E-state index is 9.97. The van der Waals surface area contributed by atoms with E-state index in [9.17, 15) is 5.11 Å². The lowest BCUT2D eigenvalue weighted by Gasteiger charge is -2.43. The highest BCUT2D eigenvalue weighted by Crippen LogP contribution is 2.39. The monoisotopic (exact) mass is 235 g/mol. The lowest BCUT2D eigenvalue weighted by Crippen LogP contribution is -2.47. The van der Waals surface area contributed by atoms with Gasteiger partial charge in [0.2, 0.25) is 0 Å². The van der Waals surface area contributed by atoms with Crippen molar-refractivity contribution < 1.29 is 5.11 Å². The summed E-state index contributed by atoms with van der Waals surface area (Å²) in [5.74, 6) is 0.481. The molecule has 1 aromatic rings. The predicted octanol–water partition coefficient (Wildman–Crippen LogP) is 1.48. The zero-order valence-corrected chi connectivity index (χ0v) is 10.5. The molecule has 1 aromatic heterocycles. The van der Waals surface area contributed by atoms with Gasteiger partial charge in [0.15, 0.2) is 0 Å². The summed E-state index contributed by atoms with van der Waals surface area (Å²) in [4.78, 5) is 3.97. The number of nitrogen functional groups attached to an aromatic ring is 1. The molecule has 0 aromatic carbocycles. The Morgan fingerprint density at radius 3 is 2.76 bits per heavy atom. The van der Waals surface area contributed by atoms with Crippen molar-refractivity contribution >= 4 is 5.82 Å². The summed E-state index contributed by atoms with van der Waals surface area (Å²) in [6.45, 7) is 5.11. The average Bonchev–Trinajstić information content (AvgIpc) is 2.24. The first-order chi connectivity index (χ1) is 7.96. The van der Waals surface area contributed by atoms with Crippen molar-refractivity contribution in [1.82, 2.24) is 10.3 Å². The second-order valence-electron chi connectivity index (χ2n) is 5.71. The van der Waals surface area contributed by atoms with Crippen LogP contribution in [-0.2, 0) is 0 Å². The van der Waals surface area contributed by atoms with Crippen molar-refractivity contribution in [2.75, 3.05) is 12.3 Å². The SMILES string of the molecule is CC1(C)CC(NC[C@H](O)c2ccc(N)nc2)C1. The fourth-order valence-electron chi connectivity index (χ4n) is 2.43. The van der Waals surface area contributed by atoms with Gasteiger partial charge >= 0.3 is 0 Å². The molecule has 1 fully saturated rings. The molecule has 0 spiro atoms. The van der Waals surface area contributed by atoms with E-state index in [-0.39, 0.29) is 0 Å². The number of nitrogens with two attached hydrogens (primary N) is 1. The highest BCUT2D eigenvalue weighted by Gasteiger charge is 2.35. The number of hydrogen-bond donors (Lipinski definition) is 3. The first kappa shape index (κ1) is 12.3. The number of hydrogen-bond acceptors (Lipinski definition) is 4. The number of pyridine rings is 1. The zero-order valence-electron chi connectivity index (χ0n) is 10.5. The van der Waals surface area contributed by atoms with Gasteiger partial charge < -0.3 is 16.2 Å². The molecule has 0 aliphatic heterocycles. The van der Waals surface area contributed by atoms with E-state index in [1.807, 2.05) is 6.07 Å². The van der Waals surface area contributed by atoms with Crippen LogP contribution in [0.3, 0.4) is 0 Å². The van der Waals surface area contributed by atoms with E-state index < -0.39 is 6.10 Å². The van der Waals surface area contributed by atoms with Gasteiger partial charge in [-0.1, -0.05) is 19.9 Å². The first-order valence-electron chi connectivity index (χ1n) is 6.09. The van der Waals surface area contributed by atoms with E-state index in [0.717, 1.165) is 5.56 Å². The van der Waals surface area contributed by atoms with Crippen LogP contribution in [-0.4, -0.2) is 22.7 Å². The van der Waals surface area contributed by atoms with Crippen LogP contribution in [0.15, 0.2) is 18.3 Å². The summed E-state index contributed by atoms with van der Waals surface area (Å²) in [6.07, 6.45) is 3.48. The molecule has 0 radical (unpaired) electrons. The van der Waals surface area contributed by atoms with E-state index in [1.54, 1.807) is 12.3 Å². The minimum Gasteiger partial charge on any atom is -0.387 e. The van der Waals surface area contributed by atoms with E-state index in [2.05, 4.69) is 24.1 Å². The third-order valence-electron chi connectivity index (χ3n) is 3.39. The summed E-state index contributed by atoms with van der Waals surface area (Å²) >= 11 is 0. The molecule has 4 nitrogen and oxygen atoms in total. The largest absolute Gasteiger partial charge is 0.387 e. The molecule has 4 heteroatoms. The summed E-state index contributed by atoms with van der Waals surface area (Å²) in [6, 6.07) is 4.08. The third-order valence-corrected chi connectivity index (χ3v) is 3.39. The van der Waals surface area contributed by atoms with E-state index in [4.69, 9.17) is 5.73 Å². The number of aromatic nitrogens is 1. The zero-order chi connectivity index (χ0) is 12.5. The van der Waals surface area contributed by atoms with E-state index in [0.29, 0.717) is 23.8 Å². The van der Waals surface area contributed by atoms with E-state index in [1.165, 1.54) is 12.8 Å². The van der Waals surface area contributed by atoms with Crippen LogP contribution in [0.5, 0.6) is 0 Å². The number of nitrogens with one attached hydrogen (secondary N) is 1. The van der Waals surface area contributed by atoms with Crippen molar-refractivity contribution in [1.29, 1.82) is 0 Å². The topological polar surface area (TPSA) is 71.2 Å². The molecule has 1 saturated carbocycles. The van der Waals surface area contributed by atoms with Gasteiger partial charge in [-0.05, 0) is 24.3 Å². The second kappa shape index (κ2) is 4.63. The number of anilines is 1. The Labute approximate surface area is 102 Å². The number of aliphatic hydroxyl groups is 1. The van der Waals surface area contributed by atoms with Crippen LogP contribution < -0.4 is 11.1 Å². The molecule has 1 heterocycles. The van der Waals surface area contributed by atoms with Crippen LogP contribution in [0.25, 0.3) is 0 Å². The number of aliphatic hydroxyl groups excluding tert-OH is 1. The molecule has 0 saturated heterocycles. The molecule has 0 amide bonds. The van der Waals surface area contributed by atoms with Gasteiger partial charge in [0, 0.05) is 24.3 Å². The van der Waals surface area contributed by atoms with Gasteiger partial charge in [-0.2, -0.15) is 0 Å². The van der Waals surface area contributed by atoms with Crippen LogP contribution in [0.2, 0.25) is 0 Å². The van der Waals surface area contributed by atoms with Crippen molar-refractivity contribution in [3.8, 4) is 0 Å². The maximum atomic E-state index is 9.97.